The number of amidine groups is 1. The van der Waals surface area contributed by atoms with Crippen molar-refractivity contribution in [1.82, 2.24) is 19.7 Å². The molecule has 0 radical (unpaired) electrons. The molecule has 1 aromatic heterocycles. The fourth-order valence-electron chi connectivity index (χ4n) is 2.72. The summed E-state index contributed by atoms with van der Waals surface area (Å²) in [7, 11) is -3.58. The summed E-state index contributed by atoms with van der Waals surface area (Å²) in [5.74, 6) is -0.434. The molecule has 0 aliphatic carbocycles. The Morgan fingerprint density at radius 3 is 2.93 bits per heavy atom. The van der Waals surface area contributed by atoms with Gasteiger partial charge in [-0.25, -0.2) is 18.1 Å². The van der Waals surface area contributed by atoms with E-state index in [0.29, 0.717) is 11.4 Å². The molecule has 0 unspecified atom stereocenters. The molecular formula is C16H13BrN6O3S. The van der Waals surface area contributed by atoms with Crippen LogP contribution < -0.4 is 5.32 Å². The van der Waals surface area contributed by atoms with Gasteiger partial charge in [-0.15, -0.1) is 4.40 Å². The molecule has 0 saturated heterocycles. The second-order valence-corrected chi connectivity index (χ2v) is 8.44. The highest BCUT2D eigenvalue weighted by Crippen LogP contribution is 2.26. The predicted molar refractivity (Wildman–Crippen MR) is 103 cm³/mol. The first-order valence-electron chi connectivity index (χ1n) is 7.87. The van der Waals surface area contributed by atoms with E-state index in [0.717, 1.165) is 4.47 Å². The smallest absolute Gasteiger partial charge is 0.259 e. The fraction of sp³-hybridized carbons (Fsp3) is 0.125. The molecule has 0 fully saturated rings. The van der Waals surface area contributed by atoms with E-state index in [2.05, 4.69) is 35.7 Å². The number of aromatic nitrogens is 3. The van der Waals surface area contributed by atoms with E-state index in [1.165, 1.54) is 17.3 Å². The Balaban J connectivity index is 1.69. The molecule has 0 atom stereocenters. The molecule has 1 aromatic carbocycles. The maximum absolute atomic E-state index is 12.9. The summed E-state index contributed by atoms with van der Waals surface area (Å²) in [6.45, 7) is 0.253. The molecular weight excluding hydrogens is 436 g/mol. The van der Waals surface area contributed by atoms with Gasteiger partial charge in [0, 0.05) is 17.2 Å². The number of benzene rings is 1. The lowest BCUT2D eigenvalue weighted by atomic mass is 10.1. The van der Waals surface area contributed by atoms with Crippen molar-refractivity contribution in [1.29, 1.82) is 0 Å². The first-order chi connectivity index (χ1) is 12.9. The number of fused-ring (bicyclic) bond motifs is 1. The minimum Gasteiger partial charge on any atom is -0.331 e. The van der Waals surface area contributed by atoms with Crippen molar-refractivity contribution < 1.29 is 13.2 Å². The Bertz CT molecular complexity index is 1110. The van der Waals surface area contributed by atoms with Crippen molar-refractivity contribution in [3.8, 4) is 5.69 Å². The Labute approximate surface area is 163 Å². The molecule has 2 aliphatic heterocycles. The quantitative estimate of drug-likeness (QED) is 0.760. The van der Waals surface area contributed by atoms with E-state index in [4.69, 9.17) is 0 Å². The van der Waals surface area contributed by atoms with Gasteiger partial charge in [-0.2, -0.15) is 5.10 Å². The highest BCUT2D eigenvalue weighted by Gasteiger charge is 2.30. The van der Waals surface area contributed by atoms with Crippen LogP contribution >= 0.6 is 15.9 Å². The zero-order valence-corrected chi connectivity index (χ0v) is 16.2. The largest absolute Gasteiger partial charge is 0.331 e. The van der Waals surface area contributed by atoms with Gasteiger partial charge in [-0.1, -0.05) is 15.9 Å². The third kappa shape index (κ3) is 3.55. The first kappa shape index (κ1) is 17.6. The van der Waals surface area contributed by atoms with Crippen molar-refractivity contribution in [3.05, 3.63) is 59.3 Å². The molecule has 11 heteroatoms. The Kier molecular flexibility index (Phi) is 4.40. The van der Waals surface area contributed by atoms with Crippen molar-refractivity contribution in [2.24, 2.45) is 4.40 Å². The SMILES string of the molecule is O=C(Nc1cc(Br)ccc1-n1cncn1)C1=CC=CN2CCS(=O)(=O)N=C12. The van der Waals surface area contributed by atoms with E-state index in [1.807, 2.05) is 6.07 Å². The highest BCUT2D eigenvalue weighted by atomic mass is 79.9. The van der Waals surface area contributed by atoms with Gasteiger partial charge in [0.1, 0.15) is 12.7 Å². The zero-order chi connectivity index (χ0) is 19.0. The molecule has 0 saturated carbocycles. The van der Waals surface area contributed by atoms with E-state index < -0.39 is 15.9 Å². The molecule has 1 N–H and O–H groups in total. The fourth-order valence-corrected chi connectivity index (χ4v) is 4.07. The number of anilines is 1. The summed E-state index contributed by atoms with van der Waals surface area (Å²) in [6, 6.07) is 5.32. The first-order valence-corrected chi connectivity index (χ1v) is 10.3. The van der Waals surface area contributed by atoms with Gasteiger partial charge >= 0.3 is 0 Å². The standard InChI is InChI=1S/C16H13BrN6O3S/c17-11-3-4-14(23-10-18-9-19-23)13(8-11)20-16(24)12-2-1-5-22-6-7-27(25,26)21-15(12)22/h1-5,8-10H,6-7H2,(H,20,24). The van der Waals surface area contributed by atoms with E-state index in [-0.39, 0.29) is 23.7 Å². The molecule has 27 heavy (non-hydrogen) atoms. The van der Waals surface area contributed by atoms with Crippen LogP contribution in [-0.2, 0) is 14.8 Å². The van der Waals surface area contributed by atoms with Crippen LogP contribution in [0.15, 0.2) is 63.6 Å². The highest BCUT2D eigenvalue weighted by molar-refractivity contribution is 9.10. The molecule has 0 spiro atoms. The van der Waals surface area contributed by atoms with Crippen molar-refractivity contribution in [2.75, 3.05) is 17.6 Å². The molecule has 9 nitrogen and oxygen atoms in total. The molecule has 0 bridgehead atoms. The Hall–Kier alpha value is -2.79. The number of carbonyl (C=O) groups excluding carboxylic acids is 1. The van der Waals surface area contributed by atoms with Gasteiger partial charge in [-0.3, -0.25) is 4.79 Å². The number of rotatable bonds is 3. The molecule has 1 amide bonds. The van der Waals surface area contributed by atoms with Gasteiger partial charge in [0.2, 0.25) is 0 Å². The topological polar surface area (TPSA) is 110 Å². The number of sulfonamides is 1. The maximum Gasteiger partial charge on any atom is 0.259 e. The van der Waals surface area contributed by atoms with Crippen LogP contribution in [0, 0.1) is 0 Å². The third-order valence-corrected chi connectivity index (χ3v) is 5.62. The summed E-state index contributed by atoms with van der Waals surface area (Å²) in [6.07, 6.45) is 7.83. The number of allylic oxidation sites excluding steroid dienone is 2. The molecule has 2 aliphatic rings. The minimum absolute atomic E-state index is 0.0855. The lowest BCUT2D eigenvalue weighted by molar-refractivity contribution is -0.112. The average Bonchev–Trinajstić information content (AvgIpc) is 3.15. The van der Waals surface area contributed by atoms with Gasteiger partial charge in [-0.05, 0) is 30.4 Å². The van der Waals surface area contributed by atoms with Gasteiger partial charge in [0.05, 0.1) is 22.7 Å². The normalized spacial score (nSPS) is 17.7. The molecule has 138 valence electrons. The number of halogens is 1. The van der Waals surface area contributed by atoms with Crippen molar-refractivity contribution in [3.63, 3.8) is 0 Å². The minimum atomic E-state index is -3.58. The van der Waals surface area contributed by atoms with Crippen LogP contribution in [0.4, 0.5) is 5.69 Å². The summed E-state index contributed by atoms with van der Waals surface area (Å²) in [5, 5.41) is 6.89. The predicted octanol–water partition coefficient (Wildman–Crippen LogP) is 1.47. The number of hydrogen-bond acceptors (Lipinski definition) is 6. The summed E-state index contributed by atoms with van der Waals surface area (Å²) >= 11 is 3.38. The van der Waals surface area contributed by atoms with Gasteiger partial charge in [0.15, 0.2) is 5.84 Å². The molecule has 4 rings (SSSR count). The van der Waals surface area contributed by atoms with Crippen LogP contribution in [0.25, 0.3) is 5.69 Å². The van der Waals surface area contributed by atoms with Crippen LogP contribution in [0.2, 0.25) is 0 Å². The Morgan fingerprint density at radius 2 is 2.15 bits per heavy atom. The van der Waals surface area contributed by atoms with E-state index in [9.17, 15) is 13.2 Å². The van der Waals surface area contributed by atoms with Crippen LogP contribution in [-0.4, -0.2) is 52.1 Å². The van der Waals surface area contributed by atoms with Gasteiger partial charge in [0.25, 0.3) is 15.9 Å². The number of nitrogens with zero attached hydrogens (tertiary/aromatic N) is 5. The zero-order valence-electron chi connectivity index (χ0n) is 13.8. The van der Waals surface area contributed by atoms with E-state index >= 15 is 0 Å². The lowest BCUT2D eigenvalue weighted by Gasteiger charge is -2.28. The number of amides is 1. The second-order valence-electron chi connectivity index (χ2n) is 5.77. The van der Waals surface area contributed by atoms with E-state index in [1.54, 1.807) is 35.4 Å². The monoisotopic (exact) mass is 448 g/mol. The Morgan fingerprint density at radius 1 is 1.30 bits per heavy atom. The third-order valence-electron chi connectivity index (χ3n) is 3.97. The van der Waals surface area contributed by atoms with Crippen molar-refractivity contribution >= 4 is 43.4 Å². The van der Waals surface area contributed by atoms with Crippen molar-refractivity contribution in [2.45, 2.75) is 0 Å². The lowest BCUT2D eigenvalue weighted by Crippen LogP contribution is -2.40. The molecule has 2 aromatic rings. The number of nitrogens with one attached hydrogen (secondary N) is 1. The van der Waals surface area contributed by atoms with Gasteiger partial charge < -0.3 is 10.2 Å². The molecule has 3 heterocycles. The number of carbonyl (C=O) groups is 1. The maximum atomic E-state index is 12.9. The van der Waals surface area contributed by atoms with Crippen LogP contribution in [0.5, 0.6) is 0 Å². The summed E-state index contributed by atoms with van der Waals surface area (Å²) in [4.78, 5) is 18.5. The summed E-state index contributed by atoms with van der Waals surface area (Å²) < 4.78 is 29.8. The average molecular weight is 449 g/mol. The summed E-state index contributed by atoms with van der Waals surface area (Å²) in [5.41, 5.74) is 1.28. The van der Waals surface area contributed by atoms with Crippen LogP contribution in [0.3, 0.4) is 0 Å². The number of hydrogen-bond donors (Lipinski definition) is 1. The van der Waals surface area contributed by atoms with Crippen LogP contribution in [0.1, 0.15) is 0 Å². The second kappa shape index (κ2) is 6.74.